The van der Waals surface area contributed by atoms with E-state index in [0.717, 1.165) is 24.3 Å². The van der Waals surface area contributed by atoms with Gasteiger partial charge in [-0.05, 0) is 18.2 Å². The summed E-state index contributed by atoms with van der Waals surface area (Å²) in [6.07, 6.45) is 0. The highest BCUT2D eigenvalue weighted by atomic mass is 19.1. The van der Waals surface area contributed by atoms with Crippen LogP contribution in [0.25, 0.3) is 0 Å². The van der Waals surface area contributed by atoms with Gasteiger partial charge in [0.2, 0.25) is 5.82 Å². The van der Waals surface area contributed by atoms with E-state index in [2.05, 4.69) is 5.32 Å². The molecule has 0 spiro atoms. The standard InChI is InChI=1S/C14H10FN3O6/c1-24-13-5-3-9(17(20)21)7-10(13)14(19)16-8-2-4-11(15)12(6-8)18(22)23/h2-7H,1H3,(H,16,19). The zero-order chi connectivity index (χ0) is 17.9. The van der Waals surface area contributed by atoms with E-state index in [-0.39, 0.29) is 22.7 Å². The van der Waals surface area contributed by atoms with Gasteiger partial charge in [-0.1, -0.05) is 0 Å². The fourth-order valence-corrected chi connectivity index (χ4v) is 1.92. The number of carbonyl (C=O) groups excluding carboxylic acids is 1. The molecule has 2 aromatic rings. The lowest BCUT2D eigenvalue weighted by atomic mass is 10.1. The van der Waals surface area contributed by atoms with Gasteiger partial charge in [0.25, 0.3) is 11.6 Å². The minimum Gasteiger partial charge on any atom is -0.496 e. The molecule has 0 saturated carbocycles. The average Bonchev–Trinajstić information content (AvgIpc) is 2.55. The summed E-state index contributed by atoms with van der Waals surface area (Å²) < 4.78 is 18.3. The molecule has 0 aromatic heterocycles. The summed E-state index contributed by atoms with van der Waals surface area (Å²) in [7, 11) is 1.28. The minimum atomic E-state index is -1.05. The van der Waals surface area contributed by atoms with E-state index < -0.39 is 27.3 Å². The number of non-ortho nitro benzene ring substituents is 1. The SMILES string of the molecule is COc1ccc([N+](=O)[O-])cc1C(=O)Nc1ccc(F)c([N+](=O)[O-])c1. The van der Waals surface area contributed by atoms with Gasteiger partial charge < -0.3 is 10.1 Å². The molecular weight excluding hydrogens is 325 g/mol. The van der Waals surface area contributed by atoms with Gasteiger partial charge >= 0.3 is 5.69 Å². The van der Waals surface area contributed by atoms with Gasteiger partial charge in [-0.15, -0.1) is 0 Å². The van der Waals surface area contributed by atoms with Crippen LogP contribution in [0.15, 0.2) is 36.4 Å². The molecule has 0 bridgehead atoms. The number of nitro groups is 2. The molecule has 0 aliphatic carbocycles. The van der Waals surface area contributed by atoms with Crippen LogP contribution in [0, 0.1) is 26.0 Å². The molecular formula is C14H10FN3O6. The molecule has 0 heterocycles. The summed E-state index contributed by atoms with van der Waals surface area (Å²) in [5.74, 6) is -1.77. The van der Waals surface area contributed by atoms with Gasteiger partial charge in [0.15, 0.2) is 0 Å². The van der Waals surface area contributed by atoms with Crippen molar-refractivity contribution in [2.24, 2.45) is 0 Å². The summed E-state index contributed by atoms with van der Waals surface area (Å²) in [5.41, 5.74) is -1.31. The molecule has 0 radical (unpaired) electrons. The number of anilines is 1. The van der Waals surface area contributed by atoms with Crippen LogP contribution in [0.2, 0.25) is 0 Å². The normalized spacial score (nSPS) is 10.1. The van der Waals surface area contributed by atoms with Gasteiger partial charge in [-0.3, -0.25) is 25.0 Å². The number of rotatable bonds is 5. The smallest absolute Gasteiger partial charge is 0.306 e. The number of nitrogens with zero attached hydrogens (tertiary/aromatic N) is 2. The van der Waals surface area contributed by atoms with Crippen LogP contribution < -0.4 is 10.1 Å². The van der Waals surface area contributed by atoms with Crippen molar-refractivity contribution >= 4 is 23.0 Å². The second-order valence-corrected chi connectivity index (χ2v) is 4.52. The van der Waals surface area contributed by atoms with Crippen LogP contribution in [0.5, 0.6) is 5.75 Å². The van der Waals surface area contributed by atoms with Crippen molar-refractivity contribution in [3.8, 4) is 5.75 Å². The maximum atomic E-state index is 13.3. The Balaban J connectivity index is 2.36. The molecule has 1 N–H and O–H groups in total. The van der Waals surface area contributed by atoms with Crippen molar-refractivity contribution < 1.29 is 23.8 Å². The van der Waals surface area contributed by atoms with Gasteiger partial charge in [0.05, 0.1) is 22.5 Å². The first-order valence-electron chi connectivity index (χ1n) is 6.41. The van der Waals surface area contributed by atoms with E-state index in [1.807, 2.05) is 0 Å². The number of methoxy groups -OCH3 is 1. The van der Waals surface area contributed by atoms with E-state index in [1.165, 1.54) is 19.2 Å². The first-order valence-corrected chi connectivity index (χ1v) is 6.41. The number of nitrogens with one attached hydrogen (secondary N) is 1. The monoisotopic (exact) mass is 335 g/mol. The van der Waals surface area contributed by atoms with E-state index >= 15 is 0 Å². The fraction of sp³-hybridized carbons (Fsp3) is 0.0714. The maximum Gasteiger partial charge on any atom is 0.306 e. The highest BCUT2D eigenvalue weighted by Crippen LogP contribution is 2.26. The van der Waals surface area contributed by atoms with Crippen LogP contribution in [-0.4, -0.2) is 22.9 Å². The van der Waals surface area contributed by atoms with Gasteiger partial charge in [0, 0.05) is 23.9 Å². The lowest BCUT2D eigenvalue weighted by Gasteiger charge is -2.09. The highest BCUT2D eigenvalue weighted by molar-refractivity contribution is 6.06. The summed E-state index contributed by atoms with van der Waals surface area (Å²) in [6.45, 7) is 0. The molecule has 9 nitrogen and oxygen atoms in total. The highest BCUT2D eigenvalue weighted by Gasteiger charge is 2.20. The Kier molecular flexibility index (Phi) is 4.68. The molecule has 0 aliphatic rings. The second-order valence-electron chi connectivity index (χ2n) is 4.52. The Morgan fingerprint density at radius 2 is 1.83 bits per heavy atom. The number of amides is 1. The van der Waals surface area contributed by atoms with Crippen molar-refractivity contribution in [2.75, 3.05) is 12.4 Å². The largest absolute Gasteiger partial charge is 0.496 e. The number of carbonyl (C=O) groups is 1. The van der Waals surface area contributed by atoms with Gasteiger partial charge in [-0.2, -0.15) is 4.39 Å². The summed E-state index contributed by atoms with van der Waals surface area (Å²) >= 11 is 0. The van der Waals surface area contributed by atoms with Crippen LogP contribution >= 0.6 is 0 Å². The maximum absolute atomic E-state index is 13.3. The van der Waals surface area contributed by atoms with Gasteiger partial charge in [-0.25, -0.2) is 0 Å². The quantitative estimate of drug-likeness (QED) is 0.661. The zero-order valence-corrected chi connectivity index (χ0v) is 12.2. The molecule has 0 unspecified atom stereocenters. The predicted molar refractivity (Wildman–Crippen MR) is 80.7 cm³/mol. The van der Waals surface area contributed by atoms with E-state index in [1.54, 1.807) is 0 Å². The third-order valence-corrected chi connectivity index (χ3v) is 3.04. The predicted octanol–water partition coefficient (Wildman–Crippen LogP) is 2.90. The molecule has 124 valence electrons. The fourth-order valence-electron chi connectivity index (χ4n) is 1.92. The van der Waals surface area contributed by atoms with Crippen molar-refractivity contribution in [1.82, 2.24) is 0 Å². The number of ether oxygens (including phenoxy) is 1. The Hall–Kier alpha value is -3.56. The topological polar surface area (TPSA) is 125 Å². The molecule has 0 fully saturated rings. The summed E-state index contributed by atoms with van der Waals surface area (Å²) in [4.78, 5) is 32.2. The summed E-state index contributed by atoms with van der Waals surface area (Å²) in [6, 6.07) is 6.23. The molecule has 0 saturated heterocycles. The average molecular weight is 335 g/mol. The number of hydrogen-bond donors (Lipinski definition) is 1. The van der Waals surface area contributed by atoms with Crippen LogP contribution in [0.1, 0.15) is 10.4 Å². The van der Waals surface area contributed by atoms with E-state index in [9.17, 15) is 29.4 Å². The molecule has 0 atom stereocenters. The first kappa shape index (κ1) is 16.8. The van der Waals surface area contributed by atoms with Crippen molar-refractivity contribution in [1.29, 1.82) is 0 Å². The molecule has 1 amide bonds. The first-order chi connectivity index (χ1) is 11.3. The Bertz CT molecular complexity index is 839. The van der Waals surface area contributed by atoms with E-state index in [4.69, 9.17) is 4.74 Å². The number of halogens is 1. The zero-order valence-electron chi connectivity index (χ0n) is 12.2. The molecule has 24 heavy (non-hydrogen) atoms. The lowest BCUT2D eigenvalue weighted by molar-refractivity contribution is -0.387. The van der Waals surface area contributed by atoms with Gasteiger partial charge in [0.1, 0.15) is 5.75 Å². The summed E-state index contributed by atoms with van der Waals surface area (Å²) in [5, 5.41) is 23.8. The van der Waals surface area contributed by atoms with Crippen LogP contribution in [-0.2, 0) is 0 Å². The number of benzene rings is 2. The molecule has 2 rings (SSSR count). The van der Waals surface area contributed by atoms with Crippen LogP contribution in [0.3, 0.4) is 0 Å². The Morgan fingerprint density at radius 3 is 2.42 bits per heavy atom. The van der Waals surface area contributed by atoms with Crippen molar-refractivity contribution in [3.63, 3.8) is 0 Å². The van der Waals surface area contributed by atoms with Crippen molar-refractivity contribution in [2.45, 2.75) is 0 Å². The second kappa shape index (κ2) is 6.69. The van der Waals surface area contributed by atoms with E-state index in [0.29, 0.717) is 0 Å². The number of hydrogen-bond acceptors (Lipinski definition) is 6. The van der Waals surface area contributed by atoms with Crippen molar-refractivity contribution in [3.05, 3.63) is 68.0 Å². The number of nitro benzene ring substituents is 2. The lowest BCUT2D eigenvalue weighted by Crippen LogP contribution is -2.14. The molecule has 10 heteroatoms. The third-order valence-electron chi connectivity index (χ3n) is 3.04. The molecule has 0 aliphatic heterocycles. The third kappa shape index (κ3) is 3.43. The Labute approximate surface area is 134 Å². The van der Waals surface area contributed by atoms with Crippen LogP contribution in [0.4, 0.5) is 21.5 Å². The Morgan fingerprint density at radius 1 is 1.12 bits per heavy atom. The molecule has 2 aromatic carbocycles. The minimum absolute atomic E-state index is 0.0401.